The molecule has 0 amide bonds. The van der Waals surface area contributed by atoms with Crippen LogP contribution in [0.1, 0.15) is 29.6 Å². The number of aldehydes is 1. The zero-order valence-corrected chi connectivity index (χ0v) is 13.5. The third-order valence-corrected chi connectivity index (χ3v) is 4.98. The van der Waals surface area contributed by atoms with E-state index < -0.39 is 0 Å². The summed E-state index contributed by atoms with van der Waals surface area (Å²) < 4.78 is 5.83. The smallest absolute Gasteiger partial charge is 0.153 e. The molecule has 1 fully saturated rings. The van der Waals surface area contributed by atoms with Crippen LogP contribution < -0.4 is 4.74 Å². The summed E-state index contributed by atoms with van der Waals surface area (Å²) in [6.45, 7) is 3.91. The van der Waals surface area contributed by atoms with Gasteiger partial charge in [-0.25, -0.2) is 0 Å². The van der Waals surface area contributed by atoms with Gasteiger partial charge < -0.3 is 4.74 Å². The van der Waals surface area contributed by atoms with Crippen molar-refractivity contribution >= 4 is 17.6 Å². The average molecular weight is 315 g/mol. The van der Waals surface area contributed by atoms with Crippen LogP contribution in [-0.4, -0.2) is 37.4 Å². The van der Waals surface area contributed by atoms with E-state index in [4.69, 9.17) is 4.74 Å². The molecule has 0 spiro atoms. The Morgan fingerprint density at radius 1 is 1.18 bits per heavy atom. The number of carbonyl (C=O) groups excluding carboxylic acids is 1. The van der Waals surface area contributed by atoms with Gasteiger partial charge in [0.2, 0.25) is 0 Å². The molecule has 0 atom stereocenters. The summed E-state index contributed by atoms with van der Waals surface area (Å²) in [5, 5.41) is 2.04. The highest BCUT2D eigenvalue weighted by Gasteiger charge is 2.11. The van der Waals surface area contributed by atoms with Crippen LogP contribution in [0.5, 0.6) is 5.75 Å². The molecule has 0 saturated carbocycles. The van der Waals surface area contributed by atoms with E-state index in [0.717, 1.165) is 18.4 Å². The molecule has 1 saturated heterocycles. The van der Waals surface area contributed by atoms with Crippen molar-refractivity contribution < 1.29 is 9.53 Å². The van der Waals surface area contributed by atoms with Gasteiger partial charge in [0.25, 0.3) is 0 Å². The third kappa shape index (κ3) is 3.76. The Morgan fingerprint density at radius 2 is 2.05 bits per heavy atom. The lowest BCUT2D eigenvalue weighted by molar-refractivity contribution is 0.111. The van der Waals surface area contributed by atoms with Gasteiger partial charge in [-0.15, -0.1) is 11.3 Å². The first-order valence-electron chi connectivity index (χ1n) is 7.85. The van der Waals surface area contributed by atoms with Crippen molar-refractivity contribution in [3.8, 4) is 16.2 Å². The molecule has 3 rings (SSSR count). The number of hydrogen-bond acceptors (Lipinski definition) is 4. The van der Waals surface area contributed by atoms with Gasteiger partial charge in [-0.1, -0.05) is 12.5 Å². The van der Waals surface area contributed by atoms with E-state index >= 15 is 0 Å². The molecule has 1 aromatic heterocycles. The maximum atomic E-state index is 11.3. The van der Waals surface area contributed by atoms with E-state index in [2.05, 4.69) is 11.0 Å². The fourth-order valence-electron chi connectivity index (χ4n) is 2.84. The topological polar surface area (TPSA) is 29.5 Å². The number of ether oxygens (including phenoxy) is 1. The van der Waals surface area contributed by atoms with Crippen molar-refractivity contribution in [2.45, 2.75) is 19.3 Å². The monoisotopic (exact) mass is 315 g/mol. The van der Waals surface area contributed by atoms with Crippen molar-refractivity contribution in [1.82, 2.24) is 4.90 Å². The number of nitrogens with zero attached hydrogens (tertiary/aromatic N) is 1. The molecule has 22 heavy (non-hydrogen) atoms. The lowest BCUT2D eigenvalue weighted by atomic mass is 10.1. The molecule has 3 nitrogen and oxygen atoms in total. The molecule has 0 N–H and O–H groups in total. The van der Waals surface area contributed by atoms with E-state index in [0.29, 0.717) is 17.9 Å². The van der Waals surface area contributed by atoms with Gasteiger partial charge in [-0.05, 0) is 61.1 Å². The molecule has 2 aromatic rings. The van der Waals surface area contributed by atoms with Crippen LogP contribution in [0.25, 0.3) is 10.4 Å². The Kier molecular flexibility index (Phi) is 5.24. The molecule has 0 bridgehead atoms. The predicted molar refractivity (Wildman–Crippen MR) is 90.9 cm³/mol. The Labute approximate surface area is 135 Å². The Morgan fingerprint density at radius 3 is 2.77 bits per heavy atom. The molecule has 0 radical (unpaired) electrons. The highest BCUT2D eigenvalue weighted by atomic mass is 32.1. The SMILES string of the molecule is O=Cc1cc(-c2cccs2)ccc1OCCN1CCCCC1. The fourth-order valence-corrected chi connectivity index (χ4v) is 3.56. The van der Waals surface area contributed by atoms with Gasteiger partial charge in [0.1, 0.15) is 12.4 Å². The zero-order chi connectivity index (χ0) is 15.2. The Bertz CT molecular complexity index is 604. The second-order valence-electron chi connectivity index (χ2n) is 5.60. The minimum Gasteiger partial charge on any atom is -0.492 e. The van der Waals surface area contributed by atoms with Crippen LogP contribution in [-0.2, 0) is 0 Å². The number of piperidine rings is 1. The summed E-state index contributed by atoms with van der Waals surface area (Å²) in [5.74, 6) is 0.687. The average Bonchev–Trinajstić information content (AvgIpc) is 3.10. The number of carbonyl (C=O) groups is 1. The van der Waals surface area contributed by atoms with Gasteiger partial charge in [0, 0.05) is 11.4 Å². The molecule has 0 aliphatic carbocycles. The first-order valence-corrected chi connectivity index (χ1v) is 8.73. The van der Waals surface area contributed by atoms with Crippen LogP contribution >= 0.6 is 11.3 Å². The quantitative estimate of drug-likeness (QED) is 0.752. The van der Waals surface area contributed by atoms with Gasteiger partial charge >= 0.3 is 0 Å². The summed E-state index contributed by atoms with van der Waals surface area (Å²) in [7, 11) is 0. The predicted octanol–water partition coefficient (Wildman–Crippen LogP) is 4.09. The summed E-state index contributed by atoms with van der Waals surface area (Å²) in [4.78, 5) is 14.9. The van der Waals surface area contributed by atoms with E-state index in [1.807, 2.05) is 29.6 Å². The number of rotatable bonds is 6. The lowest BCUT2D eigenvalue weighted by Gasteiger charge is -2.26. The van der Waals surface area contributed by atoms with E-state index in [1.165, 1.54) is 37.2 Å². The normalized spacial score (nSPS) is 15.6. The van der Waals surface area contributed by atoms with Crippen LogP contribution in [0.3, 0.4) is 0 Å². The number of thiophene rings is 1. The van der Waals surface area contributed by atoms with Gasteiger partial charge in [-0.3, -0.25) is 9.69 Å². The molecule has 2 heterocycles. The van der Waals surface area contributed by atoms with Gasteiger partial charge in [0.15, 0.2) is 6.29 Å². The molecule has 1 aliphatic heterocycles. The third-order valence-electron chi connectivity index (χ3n) is 4.06. The molecule has 1 aliphatic rings. The lowest BCUT2D eigenvalue weighted by Crippen LogP contribution is -2.33. The van der Waals surface area contributed by atoms with Gasteiger partial charge in [0.05, 0.1) is 5.56 Å². The van der Waals surface area contributed by atoms with E-state index in [1.54, 1.807) is 11.3 Å². The molecule has 0 unspecified atom stereocenters. The summed E-state index contributed by atoms with van der Waals surface area (Å²) >= 11 is 1.67. The minimum atomic E-state index is 0.629. The van der Waals surface area contributed by atoms with Crippen LogP contribution in [0.2, 0.25) is 0 Å². The second-order valence-corrected chi connectivity index (χ2v) is 6.55. The van der Waals surface area contributed by atoms with Gasteiger partial charge in [-0.2, -0.15) is 0 Å². The highest BCUT2D eigenvalue weighted by Crippen LogP contribution is 2.29. The Hall–Kier alpha value is -1.65. The largest absolute Gasteiger partial charge is 0.492 e. The molecule has 1 aromatic carbocycles. The molecular formula is C18H21NO2S. The summed E-state index contributed by atoms with van der Waals surface area (Å²) in [5.41, 5.74) is 1.70. The maximum absolute atomic E-state index is 11.3. The van der Waals surface area contributed by atoms with Crippen molar-refractivity contribution in [3.63, 3.8) is 0 Å². The van der Waals surface area contributed by atoms with Crippen molar-refractivity contribution in [2.75, 3.05) is 26.2 Å². The van der Waals surface area contributed by atoms with E-state index in [9.17, 15) is 4.79 Å². The van der Waals surface area contributed by atoms with E-state index in [-0.39, 0.29) is 0 Å². The second kappa shape index (κ2) is 7.56. The first kappa shape index (κ1) is 15.3. The maximum Gasteiger partial charge on any atom is 0.153 e. The molecular weight excluding hydrogens is 294 g/mol. The number of benzene rings is 1. The zero-order valence-electron chi connectivity index (χ0n) is 12.7. The summed E-state index contributed by atoms with van der Waals surface area (Å²) in [6.07, 6.45) is 4.80. The van der Waals surface area contributed by atoms with Crippen LogP contribution in [0.4, 0.5) is 0 Å². The van der Waals surface area contributed by atoms with Crippen molar-refractivity contribution in [1.29, 1.82) is 0 Å². The van der Waals surface area contributed by atoms with Crippen LogP contribution in [0, 0.1) is 0 Å². The fraction of sp³-hybridized carbons (Fsp3) is 0.389. The van der Waals surface area contributed by atoms with Crippen molar-refractivity contribution in [3.05, 3.63) is 41.3 Å². The first-order chi connectivity index (χ1) is 10.9. The number of hydrogen-bond donors (Lipinski definition) is 0. The molecule has 116 valence electrons. The standard InChI is InChI=1S/C18H21NO2S/c20-14-16-13-15(18-5-4-12-22-18)6-7-17(16)21-11-10-19-8-2-1-3-9-19/h4-7,12-14H,1-3,8-11H2. The molecule has 4 heteroatoms. The summed E-state index contributed by atoms with van der Waals surface area (Å²) in [6, 6.07) is 9.92. The number of likely N-dealkylation sites (tertiary alicyclic amines) is 1. The van der Waals surface area contributed by atoms with Crippen LogP contribution in [0.15, 0.2) is 35.7 Å². The highest BCUT2D eigenvalue weighted by molar-refractivity contribution is 7.13. The minimum absolute atomic E-state index is 0.629. The Balaban J connectivity index is 1.62. The van der Waals surface area contributed by atoms with Crippen molar-refractivity contribution in [2.24, 2.45) is 0 Å².